The normalized spacial score (nSPS) is 15.4. The van der Waals surface area contributed by atoms with Gasteiger partial charge in [-0.1, -0.05) is 41.6 Å². The summed E-state index contributed by atoms with van der Waals surface area (Å²) >= 11 is 0. The number of nitrogens with zero attached hydrogens (tertiary/aromatic N) is 3. The molecule has 6 aromatic rings. The van der Waals surface area contributed by atoms with Gasteiger partial charge in [0.1, 0.15) is 0 Å². The molecule has 0 aliphatic heterocycles. The smallest absolute Gasteiger partial charge is 0.216 e. The zero-order valence-electron chi connectivity index (χ0n) is 27.2. The molecular formula is C30H23IrN3O-2. The minimum Gasteiger partial charge on any atom is -0.486 e. The Bertz CT molecular complexity index is 1820. The van der Waals surface area contributed by atoms with Gasteiger partial charge in [-0.15, -0.1) is 53.6 Å². The Balaban J connectivity index is 0.000000199. The molecule has 6 rings (SSSR count). The summed E-state index contributed by atoms with van der Waals surface area (Å²) in [6.07, 6.45) is 4.46. The summed E-state index contributed by atoms with van der Waals surface area (Å²) < 4.78 is 72.1. The molecule has 0 aliphatic rings. The van der Waals surface area contributed by atoms with Crippen molar-refractivity contribution in [2.75, 3.05) is 0 Å². The maximum atomic E-state index is 7.54. The maximum absolute atomic E-state index is 7.54. The van der Waals surface area contributed by atoms with E-state index in [9.17, 15) is 0 Å². The number of benzene rings is 2. The zero-order chi connectivity index (χ0) is 31.0. The number of aromatic nitrogens is 3. The number of pyridine rings is 3. The van der Waals surface area contributed by atoms with Crippen LogP contribution in [0.25, 0.3) is 44.6 Å². The Kier molecular flexibility index (Phi) is 4.71. The molecule has 4 aromatic heterocycles. The van der Waals surface area contributed by atoms with Gasteiger partial charge in [-0.2, -0.15) is 0 Å². The van der Waals surface area contributed by atoms with E-state index in [4.69, 9.17) is 16.8 Å². The van der Waals surface area contributed by atoms with E-state index < -0.39 is 20.6 Å². The molecule has 1 radical (unpaired) electrons. The molecule has 4 heterocycles. The molecule has 0 unspecified atom stereocenters. The Morgan fingerprint density at radius 2 is 1.66 bits per heavy atom. The third-order valence-corrected chi connectivity index (χ3v) is 5.08. The molecule has 0 bridgehead atoms. The summed E-state index contributed by atoms with van der Waals surface area (Å²) in [5.41, 5.74) is 4.08. The molecule has 0 spiro atoms. The summed E-state index contributed by atoms with van der Waals surface area (Å²) in [4.78, 5) is 12.6. The molecule has 2 aromatic carbocycles. The number of furan rings is 1. The molecule has 4 nitrogen and oxygen atoms in total. The third-order valence-electron chi connectivity index (χ3n) is 5.08. The molecule has 5 heteroatoms. The van der Waals surface area contributed by atoms with E-state index in [1.165, 1.54) is 36.7 Å². The van der Waals surface area contributed by atoms with Crippen LogP contribution >= 0.6 is 0 Å². The van der Waals surface area contributed by atoms with Crippen LogP contribution in [0.3, 0.4) is 0 Å². The molecule has 0 aliphatic carbocycles. The Labute approximate surface area is 231 Å². The van der Waals surface area contributed by atoms with E-state index in [0.29, 0.717) is 33.8 Å². The average Bonchev–Trinajstić information content (AvgIpc) is 3.35. The number of hydrogen-bond donors (Lipinski definition) is 0. The zero-order valence-corrected chi connectivity index (χ0v) is 20.6. The molecule has 0 fully saturated rings. The van der Waals surface area contributed by atoms with E-state index in [-0.39, 0.29) is 36.8 Å². The summed E-state index contributed by atoms with van der Waals surface area (Å²) in [7, 11) is 0. The quantitative estimate of drug-likeness (QED) is 0.186. The van der Waals surface area contributed by atoms with Crippen molar-refractivity contribution in [3.05, 3.63) is 114 Å². The largest absolute Gasteiger partial charge is 0.486 e. The fraction of sp³-hybridized carbons (Fsp3) is 0.100. The third kappa shape index (κ3) is 5.37. The monoisotopic (exact) mass is 643 g/mol. The van der Waals surface area contributed by atoms with E-state index in [0.717, 1.165) is 10.8 Å². The average molecular weight is 643 g/mol. The van der Waals surface area contributed by atoms with E-state index in [1.807, 2.05) is 18.2 Å². The first-order valence-electron chi connectivity index (χ1n) is 14.9. The van der Waals surface area contributed by atoms with Crippen LogP contribution in [0.5, 0.6) is 0 Å². The Hall–Kier alpha value is -3.66. The van der Waals surface area contributed by atoms with Gasteiger partial charge in [0.15, 0.2) is 0 Å². The van der Waals surface area contributed by atoms with Crippen molar-refractivity contribution in [3.63, 3.8) is 0 Å². The van der Waals surface area contributed by atoms with Gasteiger partial charge in [-0.25, -0.2) is 4.98 Å². The van der Waals surface area contributed by atoms with Gasteiger partial charge in [0.2, 0.25) is 5.71 Å². The number of hydrogen-bond acceptors (Lipinski definition) is 4. The summed E-state index contributed by atoms with van der Waals surface area (Å²) in [5.74, 6) is 0. The summed E-state index contributed by atoms with van der Waals surface area (Å²) in [6, 6.07) is 24.1. The van der Waals surface area contributed by atoms with Crippen molar-refractivity contribution in [2.45, 2.75) is 20.6 Å². The maximum Gasteiger partial charge on any atom is 0.216 e. The van der Waals surface area contributed by atoms with Crippen LogP contribution in [-0.2, 0) is 20.1 Å². The van der Waals surface area contributed by atoms with Crippen molar-refractivity contribution >= 4 is 22.1 Å². The number of fused-ring (bicyclic) bond motifs is 3. The summed E-state index contributed by atoms with van der Waals surface area (Å²) in [6.45, 7) is -6.52. The van der Waals surface area contributed by atoms with Gasteiger partial charge < -0.3 is 14.4 Å². The SMILES string of the molecule is [2H]C([2H])([2H])c1c[c-]c(-c2ccc(C([2H])([2H])[2H])cn2)cc1.[2H]C([2H])([2H])c1ccnc(-c2[c-]ccc3c2oc2ncccc23)c1.[Ir]. The molecule has 0 saturated heterocycles. The molecule has 35 heavy (non-hydrogen) atoms. The Morgan fingerprint density at radius 1 is 0.771 bits per heavy atom. The molecule has 175 valence electrons. The van der Waals surface area contributed by atoms with Gasteiger partial charge in [-0.05, 0) is 48.9 Å². The van der Waals surface area contributed by atoms with E-state index in [1.54, 1.807) is 30.5 Å². The van der Waals surface area contributed by atoms with Crippen molar-refractivity contribution in [3.8, 4) is 22.5 Å². The van der Waals surface area contributed by atoms with Crippen molar-refractivity contribution in [2.24, 2.45) is 0 Å². The first-order chi connectivity index (χ1) is 20.2. The number of rotatable bonds is 2. The van der Waals surface area contributed by atoms with Crippen LogP contribution in [0.1, 0.15) is 29.0 Å². The van der Waals surface area contributed by atoms with Crippen LogP contribution in [-0.4, -0.2) is 15.0 Å². The standard InChI is InChI=1S/C17H11N2O.C13H12N.Ir/c1-11-7-9-18-15(10-11)14-5-2-4-12-13-6-3-8-19-17(13)20-16(12)14;1-10-3-6-12(7-4-10)13-8-5-11(2)9-14-13;/h2-4,6-10H,1H3;3-6,8-9H,1-2H3;/q2*-1;/i1D3;1D3,2D3;. The minimum absolute atomic E-state index is 0. The van der Waals surface area contributed by atoms with Crippen LogP contribution in [0, 0.1) is 32.7 Å². The van der Waals surface area contributed by atoms with Gasteiger partial charge in [0.05, 0.1) is 5.58 Å². The van der Waals surface area contributed by atoms with Crippen molar-refractivity contribution < 1.29 is 36.9 Å². The molecule has 0 N–H and O–H groups in total. The van der Waals surface area contributed by atoms with Gasteiger partial charge in [-0.3, -0.25) is 0 Å². The van der Waals surface area contributed by atoms with Crippen LogP contribution in [0.15, 0.2) is 89.7 Å². The van der Waals surface area contributed by atoms with Crippen LogP contribution in [0.2, 0.25) is 0 Å². The molecular weight excluding hydrogens is 611 g/mol. The fourth-order valence-corrected chi connectivity index (χ4v) is 3.47. The van der Waals surface area contributed by atoms with Crippen LogP contribution in [0.4, 0.5) is 0 Å². The fourth-order valence-electron chi connectivity index (χ4n) is 3.47. The van der Waals surface area contributed by atoms with Gasteiger partial charge in [0, 0.05) is 56.4 Å². The minimum atomic E-state index is -2.18. The first kappa shape index (κ1) is 15.4. The molecule has 0 amide bonds. The summed E-state index contributed by atoms with van der Waals surface area (Å²) in [5, 5.41) is 1.81. The second-order valence-electron chi connectivity index (χ2n) is 7.41. The molecule has 0 atom stereocenters. The van der Waals surface area contributed by atoms with E-state index in [2.05, 4.69) is 27.1 Å². The number of aryl methyl sites for hydroxylation is 3. The predicted molar refractivity (Wildman–Crippen MR) is 136 cm³/mol. The Morgan fingerprint density at radius 3 is 2.43 bits per heavy atom. The first-order valence-corrected chi connectivity index (χ1v) is 10.4. The van der Waals surface area contributed by atoms with Crippen molar-refractivity contribution in [1.82, 2.24) is 15.0 Å². The molecule has 0 saturated carbocycles. The predicted octanol–water partition coefficient (Wildman–Crippen LogP) is 7.31. The second kappa shape index (κ2) is 10.7. The van der Waals surface area contributed by atoms with Gasteiger partial charge >= 0.3 is 0 Å². The van der Waals surface area contributed by atoms with Gasteiger partial charge in [0.25, 0.3) is 0 Å². The topological polar surface area (TPSA) is 51.8 Å². The van der Waals surface area contributed by atoms with E-state index >= 15 is 0 Å². The van der Waals surface area contributed by atoms with Crippen molar-refractivity contribution in [1.29, 1.82) is 0 Å². The second-order valence-corrected chi connectivity index (χ2v) is 7.41. The van der Waals surface area contributed by atoms with Crippen LogP contribution < -0.4 is 0 Å².